The number of carbonyl (C=O) groups is 1. The van der Waals surface area contributed by atoms with Gasteiger partial charge in [0.2, 0.25) is 0 Å². The van der Waals surface area contributed by atoms with Crippen LogP contribution in [-0.4, -0.2) is 46.3 Å². The molecule has 2 rings (SSSR count). The highest BCUT2D eigenvalue weighted by atomic mass is 79.9. The maximum Gasteiger partial charge on any atom is 0.275 e. The minimum atomic E-state index is 0.000764. The van der Waals surface area contributed by atoms with Crippen molar-refractivity contribution in [2.24, 2.45) is 7.05 Å². The van der Waals surface area contributed by atoms with Crippen LogP contribution in [-0.2, 0) is 7.05 Å². The van der Waals surface area contributed by atoms with Crippen molar-refractivity contribution in [2.75, 3.05) is 19.6 Å². The summed E-state index contributed by atoms with van der Waals surface area (Å²) in [6.45, 7) is 4.40. The van der Waals surface area contributed by atoms with Gasteiger partial charge in [-0.3, -0.25) is 9.48 Å². The van der Waals surface area contributed by atoms with E-state index in [9.17, 15) is 4.79 Å². The first-order valence-corrected chi connectivity index (χ1v) is 6.09. The Hall–Kier alpha value is -0.880. The van der Waals surface area contributed by atoms with Gasteiger partial charge < -0.3 is 10.2 Å². The second kappa shape index (κ2) is 4.55. The molecule has 1 saturated heterocycles. The fourth-order valence-corrected chi connectivity index (χ4v) is 2.42. The van der Waals surface area contributed by atoms with Crippen molar-refractivity contribution < 1.29 is 4.79 Å². The van der Waals surface area contributed by atoms with Gasteiger partial charge in [0.15, 0.2) is 5.69 Å². The van der Waals surface area contributed by atoms with Crippen molar-refractivity contribution in [1.82, 2.24) is 20.0 Å². The highest BCUT2D eigenvalue weighted by Crippen LogP contribution is 2.17. The fourth-order valence-electron chi connectivity index (χ4n) is 1.87. The maximum atomic E-state index is 12.2. The lowest BCUT2D eigenvalue weighted by Crippen LogP contribution is -2.51. The van der Waals surface area contributed by atoms with Gasteiger partial charge in [0, 0.05) is 38.9 Å². The lowest BCUT2D eigenvalue weighted by atomic mass is 10.2. The predicted molar refractivity (Wildman–Crippen MR) is 64.3 cm³/mol. The van der Waals surface area contributed by atoms with Crippen LogP contribution in [0.25, 0.3) is 0 Å². The number of hydrogen-bond donors (Lipinski definition) is 1. The van der Waals surface area contributed by atoms with Gasteiger partial charge >= 0.3 is 0 Å². The molecule has 0 saturated carbocycles. The van der Waals surface area contributed by atoms with Crippen molar-refractivity contribution in [3.63, 3.8) is 0 Å². The van der Waals surface area contributed by atoms with E-state index in [1.165, 1.54) is 0 Å². The van der Waals surface area contributed by atoms with E-state index in [0.717, 1.165) is 24.1 Å². The molecule has 0 bridgehead atoms. The topological polar surface area (TPSA) is 50.2 Å². The van der Waals surface area contributed by atoms with Crippen LogP contribution in [0.1, 0.15) is 17.4 Å². The minimum absolute atomic E-state index is 0.000764. The molecule has 1 atom stereocenters. The molecule has 0 aromatic carbocycles. The molecule has 1 aromatic heterocycles. The average Bonchev–Trinajstić information content (AvgIpc) is 2.57. The number of carbonyl (C=O) groups excluding carboxylic acids is 1. The zero-order valence-electron chi connectivity index (χ0n) is 9.40. The number of rotatable bonds is 1. The molecule has 6 heteroatoms. The number of piperazine rings is 1. The first-order valence-electron chi connectivity index (χ1n) is 5.29. The Kier molecular flexibility index (Phi) is 3.30. The van der Waals surface area contributed by atoms with Gasteiger partial charge in [-0.15, -0.1) is 0 Å². The monoisotopic (exact) mass is 286 g/mol. The standard InChI is InChI=1S/C10H15BrN4O/c1-7-5-15(4-3-12-7)10(16)9-8(11)6-14(2)13-9/h6-7,12H,3-5H2,1-2H3/t7-/m1/s1. The number of aromatic nitrogens is 2. The summed E-state index contributed by atoms with van der Waals surface area (Å²) in [6, 6.07) is 0.347. The first-order chi connectivity index (χ1) is 7.58. The number of aryl methyl sites for hydroxylation is 1. The van der Waals surface area contributed by atoms with Crippen LogP contribution in [0.5, 0.6) is 0 Å². The molecule has 2 heterocycles. The van der Waals surface area contributed by atoms with Gasteiger partial charge in [-0.2, -0.15) is 5.10 Å². The molecule has 88 valence electrons. The number of nitrogens with one attached hydrogen (secondary N) is 1. The summed E-state index contributed by atoms with van der Waals surface area (Å²) in [7, 11) is 1.81. The van der Waals surface area contributed by atoms with E-state index >= 15 is 0 Å². The number of amides is 1. The third kappa shape index (κ3) is 2.27. The summed E-state index contributed by atoms with van der Waals surface area (Å²) in [5, 5.41) is 7.48. The zero-order chi connectivity index (χ0) is 11.7. The van der Waals surface area contributed by atoms with Crippen LogP contribution >= 0.6 is 15.9 Å². The third-order valence-corrected chi connectivity index (χ3v) is 3.22. The molecule has 1 aromatic rings. The van der Waals surface area contributed by atoms with Crippen LogP contribution in [0.15, 0.2) is 10.7 Å². The Balaban J connectivity index is 2.15. The molecule has 0 aliphatic carbocycles. The van der Waals surface area contributed by atoms with Crippen LogP contribution in [0.2, 0.25) is 0 Å². The normalized spacial score (nSPS) is 21.2. The summed E-state index contributed by atoms with van der Waals surface area (Å²) in [4.78, 5) is 14.0. The molecule has 0 radical (unpaired) electrons. The van der Waals surface area contributed by atoms with Crippen LogP contribution < -0.4 is 5.32 Å². The minimum Gasteiger partial charge on any atom is -0.334 e. The average molecular weight is 287 g/mol. The lowest BCUT2D eigenvalue weighted by molar-refractivity contribution is 0.0701. The van der Waals surface area contributed by atoms with Gasteiger partial charge in [-0.25, -0.2) is 0 Å². The van der Waals surface area contributed by atoms with Crippen molar-refractivity contribution in [3.05, 3.63) is 16.4 Å². The maximum absolute atomic E-state index is 12.2. The molecular formula is C10H15BrN4O. The predicted octanol–water partition coefficient (Wildman–Crippen LogP) is 0.616. The molecule has 1 aliphatic heterocycles. The van der Waals surface area contributed by atoms with Gasteiger partial charge in [-0.1, -0.05) is 0 Å². The van der Waals surface area contributed by atoms with E-state index in [4.69, 9.17) is 0 Å². The molecule has 0 unspecified atom stereocenters. The molecule has 16 heavy (non-hydrogen) atoms. The molecule has 0 spiro atoms. The van der Waals surface area contributed by atoms with Crippen molar-refractivity contribution >= 4 is 21.8 Å². The zero-order valence-corrected chi connectivity index (χ0v) is 11.0. The highest BCUT2D eigenvalue weighted by Gasteiger charge is 2.25. The second-order valence-corrected chi connectivity index (χ2v) is 4.96. The quantitative estimate of drug-likeness (QED) is 0.823. The van der Waals surface area contributed by atoms with E-state index in [-0.39, 0.29) is 5.91 Å². The van der Waals surface area contributed by atoms with Crippen LogP contribution in [0, 0.1) is 0 Å². The van der Waals surface area contributed by atoms with E-state index in [0.29, 0.717) is 11.7 Å². The summed E-state index contributed by atoms with van der Waals surface area (Å²) in [5.74, 6) is 0.000764. The Morgan fingerprint density at radius 1 is 1.69 bits per heavy atom. The van der Waals surface area contributed by atoms with Gasteiger partial charge in [0.1, 0.15) is 0 Å². The summed E-state index contributed by atoms with van der Waals surface area (Å²) >= 11 is 3.35. The largest absolute Gasteiger partial charge is 0.334 e. The number of halogens is 1. The molecule has 1 amide bonds. The van der Waals surface area contributed by atoms with Crippen LogP contribution in [0.3, 0.4) is 0 Å². The number of nitrogens with zero attached hydrogens (tertiary/aromatic N) is 3. The Bertz CT molecular complexity index is 404. The van der Waals surface area contributed by atoms with E-state index in [1.807, 2.05) is 11.9 Å². The molecular weight excluding hydrogens is 272 g/mol. The lowest BCUT2D eigenvalue weighted by Gasteiger charge is -2.31. The van der Waals surface area contributed by atoms with E-state index < -0.39 is 0 Å². The highest BCUT2D eigenvalue weighted by molar-refractivity contribution is 9.10. The number of hydrogen-bond acceptors (Lipinski definition) is 3. The van der Waals surface area contributed by atoms with Gasteiger partial charge in [-0.05, 0) is 22.9 Å². The van der Waals surface area contributed by atoms with Crippen molar-refractivity contribution in [1.29, 1.82) is 0 Å². The molecule has 1 fully saturated rings. The Labute approximate surface area is 103 Å². The SMILES string of the molecule is C[C@@H]1CN(C(=O)c2nn(C)cc2Br)CCN1. The van der Waals surface area contributed by atoms with E-state index in [2.05, 4.69) is 33.3 Å². The van der Waals surface area contributed by atoms with Crippen molar-refractivity contribution in [3.8, 4) is 0 Å². The summed E-state index contributed by atoms with van der Waals surface area (Å²) < 4.78 is 2.40. The molecule has 5 nitrogen and oxygen atoms in total. The van der Waals surface area contributed by atoms with Gasteiger partial charge in [0.05, 0.1) is 4.47 Å². The summed E-state index contributed by atoms with van der Waals surface area (Å²) in [6.07, 6.45) is 1.79. The Morgan fingerprint density at radius 3 is 3.00 bits per heavy atom. The summed E-state index contributed by atoms with van der Waals surface area (Å²) in [5.41, 5.74) is 0.497. The fraction of sp³-hybridized carbons (Fsp3) is 0.600. The molecule has 1 N–H and O–H groups in total. The van der Waals surface area contributed by atoms with Crippen molar-refractivity contribution in [2.45, 2.75) is 13.0 Å². The van der Waals surface area contributed by atoms with E-state index in [1.54, 1.807) is 10.9 Å². The van der Waals surface area contributed by atoms with Crippen LogP contribution in [0.4, 0.5) is 0 Å². The Morgan fingerprint density at radius 2 is 2.44 bits per heavy atom. The van der Waals surface area contributed by atoms with Gasteiger partial charge in [0.25, 0.3) is 5.91 Å². The second-order valence-electron chi connectivity index (χ2n) is 4.11. The first kappa shape index (κ1) is 11.6. The molecule has 1 aliphatic rings. The smallest absolute Gasteiger partial charge is 0.275 e. The third-order valence-electron chi connectivity index (χ3n) is 2.64.